The van der Waals surface area contributed by atoms with Crippen molar-refractivity contribution in [1.82, 2.24) is 0 Å². The molecule has 1 saturated carbocycles. The van der Waals surface area contributed by atoms with E-state index in [0.717, 1.165) is 29.9 Å². The molecule has 3 nitrogen and oxygen atoms in total. The Morgan fingerprint density at radius 1 is 1.21 bits per heavy atom. The van der Waals surface area contributed by atoms with Gasteiger partial charge in [0.2, 0.25) is 0 Å². The van der Waals surface area contributed by atoms with Crippen LogP contribution in [0.3, 0.4) is 0 Å². The molecule has 0 spiro atoms. The topological polar surface area (TPSA) is 44.5 Å². The highest BCUT2D eigenvalue weighted by atomic mass is 16.5. The van der Waals surface area contributed by atoms with Crippen molar-refractivity contribution in [3.63, 3.8) is 0 Å². The van der Waals surface area contributed by atoms with Gasteiger partial charge in [0, 0.05) is 11.6 Å². The fraction of sp³-hybridized carbons (Fsp3) is 0.625. The summed E-state index contributed by atoms with van der Waals surface area (Å²) in [5.74, 6) is 2.58. The van der Waals surface area contributed by atoms with E-state index in [2.05, 4.69) is 19.1 Å². The maximum absolute atomic E-state index is 6.06. The maximum atomic E-state index is 6.06. The van der Waals surface area contributed by atoms with Gasteiger partial charge in [-0.3, -0.25) is 0 Å². The standard InChI is InChI=1S/C16H25NO2/c1-4-13(17)8-12-9-16(19-3)14(10-15(12)18-2)11-6-5-7-11/h9-11,13H,4-8,17H2,1-3H3. The van der Waals surface area contributed by atoms with Crippen LogP contribution < -0.4 is 15.2 Å². The number of methoxy groups -OCH3 is 2. The summed E-state index contributed by atoms with van der Waals surface area (Å²) < 4.78 is 11.1. The largest absolute Gasteiger partial charge is 0.496 e. The quantitative estimate of drug-likeness (QED) is 0.857. The van der Waals surface area contributed by atoms with Gasteiger partial charge in [-0.15, -0.1) is 0 Å². The normalized spacial score (nSPS) is 16.8. The molecule has 1 unspecified atom stereocenters. The molecule has 3 heteroatoms. The van der Waals surface area contributed by atoms with Gasteiger partial charge in [-0.25, -0.2) is 0 Å². The van der Waals surface area contributed by atoms with E-state index in [-0.39, 0.29) is 6.04 Å². The van der Waals surface area contributed by atoms with Crippen LogP contribution >= 0.6 is 0 Å². The van der Waals surface area contributed by atoms with Crippen LogP contribution in [-0.2, 0) is 6.42 Å². The van der Waals surface area contributed by atoms with Crippen LogP contribution in [0.4, 0.5) is 0 Å². The number of ether oxygens (including phenoxy) is 2. The average Bonchev–Trinajstić information content (AvgIpc) is 2.37. The number of rotatable bonds is 6. The molecule has 1 aromatic rings. The first-order chi connectivity index (χ1) is 9.19. The van der Waals surface area contributed by atoms with Gasteiger partial charge in [-0.05, 0) is 49.3 Å². The summed E-state index contributed by atoms with van der Waals surface area (Å²) in [5.41, 5.74) is 8.50. The Morgan fingerprint density at radius 3 is 2.37 bits per heavy atom. The maximum Gasteiger partial charge on any atom is 0.122 e. The van der Waals surface area contributed by atoms with E-state index in [1.165, 1.54) is 24.8 Å². The van der Waals surface area contributed by atoms with Crippen molar-refractivity contribution in [2.75, 3.05) is 14.2 Å². The Balaban J connectivity index is 2.32. The first kappa shape index (κ1) is 14.2. The van der Waals surface area contributed by atoms with E-state index < -0.39 is 0 Å². The third-order valence-corrected chi connectivity index (χ3v) is 4.18. The highest BCUT2D eigenvalue weighted by Crippen LogP contribution is 2.43. The molecule has 2 rings (SSSR count). The van der Waals surface area contributed by atoms with Crippen molar-refractivity contribution in [1.29, 1.82) is 0 Å². The molecule has 0 radical (unpaired) electrons. The fourth-order valence-corrected chi connectivity index (χ4v) is 2.61. The molecule has 0 amide bonds. The van der Waals surface area contributed by atoms with Crippen LogP contribution in [0.2, 0.25) is 0 Å². The van der Waals surface area contributed by atoms with E-state index in [9.17, 15) is 0 Å². The number of benzene rings is 1. The Labute approximate surface area is 116 Å². The molecule has 1 aliphatic carbocycles. The zero-order chi connectivity index (χ0) is 13.8. The van der Waals surface area contributed by atoms with Crippen LogP contribution in [0, 0.1) is 0 Å². The van der Waals surface area contributed by atoms with E-state index in [4.69, 9.17) is 15.2 Å². The summed E-state index contributed by atoms with van der Waals surface area (Å²) in [6.07, 6.45) is 5.64. The summed E-state index contributed by atoms with van der Waals surface area (Å²) in [7, 11) is 3.47. The Morgan fingerprint density at radius 2 is 1.89 bits per heavy atom. The van der Waals surface area contributed by atoms with E-state index >= 15 is 0 Å². The minimum absolute atomic E-state index is 0.174. The number of hydrogen-bond acceptors (Lipinski definition) is 3. The lowest BCUT2D eigenvalue weighted by Crippen LogP contribution is -2.22. The lowest BCUT2D eigenvalue weighted by Gasteiger charge is -2.28. The highest BCUT2D eigenvalue weighted by molar-refractivity contribution is 5.49. The van der Waals surface area contributed by atoms with Crippen molar-refractivity contribution >= 4 is 0 Å². The molecular formula is C16H25NO2. The summed E-state index contributed by atoms with van der Waals surface area (Å²) in [4.78, 5) is 0. The third kappa shape index (κ3) is 3.03. The van der Waals surface area contributed by atoms with Gasteiger partial charge in [-0.1, -0.05) is 13.3 Å². The molecular weight excluding hydrogens is 238 g/mol. The monoisotopic (exact) mass is 263 g/mol. The molecule has 0 heterocycles. The second kappa shape index (κ2) is 6.29. The number of hydrogen-bond donors (Lipinski definition) is 1. The van der Waals surface area contributed by atoms with Crippen LogP contribution in [0.5, 0.6) is 11.5 Å². The summed E-state index contributed by atoms with van der Waals surface area (Å²) in [5, 5.41) is 0. The lowest BCUT2D eigenvalue weighted by molar-refractivity contribution is 0.365. The van der Waals surface area contributed by atoms with Crippen LogP contribution in [0.15, 0.2) is 12.1 Å². The van der Waals surface area contributed by atoms with Gasteiger partial charge in [0.05, 0.1) is 14.2 Å². The minimum atomic E-state index is 0.174. The van der Waals surface area contributed by atoms with Gasteiger partial charge in [-0.2, -0.15) is 0 Å². The summed E-state index contributed by atoms with van der Waals surface area (Å²) in [6.45, 7) is 2.11. The van der Waals surface area contributed by atoms with Crippen molar-refractivity contribution in [3.8, 4) is 11.5 Å². The molecule has 106 valence electrons. The van der Waals surface area contributed by atoms with Gasteiger partial charge < -0.3 is 15.2 Å². The molecule has 0 aromatic heterocycles. The molecule has 2 N–H and O–H groups in total. The minimum Gasteiger partial charge on any atom is -0.496 e. The highest BCUT2D eigenvalue weighted by Gasteiger charge is 2.24. The van der Waals surface area contributed by atoms with Crippen molar-refractivity contribution < 1.29 is 9.47 Å². The van der Waals surface area contributed by atoms with Gasteiger partial charge >= 0.3 is 0 Å². The van der Waals surface area contributed by atoms with Crippen molar-refractivity contribution in [3.05, 3.63) is 23.3 Å². The second-order valence-electron chi connectivity index (χ2n) is 5.41. The molecule has 1 fully saturated rings. The van der Waals surface area contributed by atoms with Gasteiger partial charge in [0.1, 0.15) is 11.5 Å². The molecule has 0 aliphatic heterocycles. The summed E-state index contributed by atoms with van der Waals surface area (Å²) >= 11 is 0. The predicted molar refractivity (Wildman–Crippen MR) is 78.1 cm³/mol. The molecule has 0 bridgehead atoms. The zero-order valence-corrected chi connectivity index (χ0v) is 12.2. The molecule has 19 heavy (non-hydrogen) atoms. The third-order valence-electron chi connectivity index (χ3n) is 4.18. The smallest absolute Gasteiger partial charge is 0.122 e. The average molecular weight is 263 g/mol. The Kier molecular flexibility index (Phi) is 4.70. The van der Waals surface area contributed by atoms with Crippen LogP contribution in [0.1, 0.15) is 49.7 Å². The molecule has 1 aromatic carbocycles. The first-order valence-corrected chi connectivity index (χ1v) is 7.20. The van der Waals surface area contributed by atoms with Crippen LogP contribution in [0.25, 0.3) is 0 Å². The van der Waals surface area contributed by atoms with Gasteiger partial charge in [0.15, 0.2) is 0 Å². The molecule has 1 aliphatic rings. The fourth-order valence-electron chi connectivity index (χ4n) is 2.61. The first-order valence-electron chi connectivity index (χ1n) is 7.20. The number of nitrogens with two attached hydrogens (primary N) is 1. The lowest BCUT2D eigenvalue weighted by atomic mass is 9.79. The Bertz CT molecular complexity index is 427. The Hall–Kier alpha value is -1.22. The zero-order valence-electron chi connectivity index (χ0n) is 12.2. The molecule has 0 saturated heterocycles. The summed E-state index contributed by atoms with van der Waals surface area (Å²) in [6, 6.07) is 4.44. The SMILES string of the molecule is CCC(N)Cc1cc(OC)c(C2CCC2)cc1OC. The van der Waals surface area contributed by atoms with E-state index in [0.29, 0.717) is 5.92 Å². The predicted octanol–water partition coefficient (Wildman–Crippen LogP) is 3.25. The van der Waals surface area contributed by atoms with E-state index in [1.54, 1.807) is 14.2 Å². The van der Waals surface area contributed by atoms with Crippen molar-refractivity contribution in [2.45, 2.75) is 51.0 Å². The molecule has 1 atom stereocenters. The second-order valence-corrected chi connectivity index (χ2v) is 5.41. The van der Waals surface area contributed by atoms with Gasteiger partial charge in [0.25, 0.3) is 0 Å². The van der Waals surface area contributed by atoms with E-state index in [1.807, 2.05) is 0 Å². The van der Waals surface area contributed by atoms with Crippen molar-refractivity contribution in [2.24, 2.45) is 5.73 Å². The van der Waals surface area contributed by atoms with Crippen LogP contribution in [-0.4, -0.2) is 20.3 Å².